The number of ether oxygens (including phenoxy) is 2. The molecule has 5 heteroatoms. The zero-order valence-corrected chi connectivity index (χ0v) is 12.8. The molecule has 0 unspecified atom stereocenters. The molecule has 2 rings (SSSR count). The average molecular weight is 302 g/mol. The highest BCUT2D eigenvalue weighted by atomic mass is 16.5. The highest BCUT2D eigenvalue weighted by molar-refractivity contribution is 6.10. The Morgan fingerprint density at radius 1 is 1.36 bits per heavy atom. The quantitative estimate of drug-likeness (QED) is 0.652. The smallest absolute Gasteiger partial charge is 0.193 e. The number of furan rings is 1. The molecule has 2 aromatic rings. The number of hydrogen-bond acceptors (Lipinski definition) is 5. The molecule has 1 aromatic heterocycles. The summed E-state index contributed by atoms with van der Waals surface area (Å²) in [6.07, 6.45) is 2.88. The van der Waals surface area contributed by atoms with Gasteiger partial charge < -0.3 is 19.0 Å². The first-order chi connectivity index (χ1) is 10.5. The van der Waals surface area contributed by atoms with Gasteiger partial charge in [0.2, 0.25) is 0 Å². The second kappa shape index (κ2) is 6.85. The summed E-state index contributed by atoms with van der Waals surface area (Å²) in [4.78, 5) is 12.3. The Kier molecular flexibility index (Phi) is 4.88. The number of carbonyl (C=O) groups is 1. The maximum absolute atomic E-state index is 12.3. The maximum Gasteiger partial charge on any atom is 0.193 e. The molecule has 1 N–H and O–H groups in total. The molecular formula is C17H18O5. The average Bonchev–Trinajstić information content (AvgIpc) is 2.90. The SMILES string of the molecule is CCOc1cc(O)c(C(=O)C=Cc2ccc(C)o2)c(OC)c1. The molecular weight excluding hydrogens is 284 g/mol. The van der Waals surface area contributed by atoms with E-state index in [1.807, 2.05) is 13.8 Å². The van der Waals surface area contributed by atoms with Crippen molar-refractivity contribution < 1.29 is 23.8 Å². The minimum absolute atomic E-state index is 0.0884. The molecule has 0 aliphatic rings. The Labute approximate surface area is 128 Å². The Morgan fingerprint density at radius 2 is 2.14 bits per heavy atom. The van der Waals surface area contributed by atoms with E-state index in [1.165, 1.54) is 19.3 Å². The molecule has 0 saturated heterocycles. The number of benzene rings is 1. The topological polar surface area (TPSA) is 68.9 Å². The molecule has 0 aliphatic heterocycles. The summed E-state index contributed by atoms with van der Waals surface area (Å²) in [5, 5.41) is 10.1. The molecule has 116 valence electrons. The fraction of sp³-hybridized carbons (Fsp3) is 0.235. The molecule has 0 bridgehead atoms. The number of ketones is 1. The van der Waals surface area contributed by atoms with Crippen LogP contribution in [0.2, 0.25) is 0 Å². The van der Waals surface area contributed by atoms with Gasteiger partial charge in [-0.3, -0.25) is 4.79 Å². The van der Waals surface area contributed by atoms with E-state index in [-0.39, 0.29) is 22.8 Å². The van der Waals surface area contributed by atoms with Gasteiger partial charge in [-0.2, -0.15) is 0 Å². The van der Waals surface area contributed by atoms with Crippen molar-refractivity contribution in [3.8, 4) is 17.2 Å². The van der Waals surface area contributed by atoms with Gasteiger partial charge in [0, 0.05) is 12.1 Å². The van der Waals surface area contributed by atoms with Gasteiger partial charge in [0.1, 0.15) is 34.3 Å². The van der Waals surface area contributed by atoms with Gasteiger partial charge in [-0.05, 0) is 38.1 Å². The van der Waals surface area contributed by atoms with Gasteiger partial charge >= 0.3 is 0 Å². The highest BCUT2D eigenvalue weighted by Gasteiger charge is 2.17. The monoisotopic (exact) mass is 302 g/mol. The standard InChI is InChI=1S/C17H18O5/c1-4-21-13-9-15(19)17(16(10-13)20-3)14(18)8-7-12-6-5-11(2)22-12/h5-10,19H,4H2,1-3H3. The first kappa shape index (κ1) is 15.7. The zero-order chi connectivity index (χ0) is 16.1. The number of rotatable bonds is 6. The molecule has 0 saturated carbocycles. The van der Waals surface area contributed by atoms with Crippen LogP contribution in [0.1, 0.15) is 28.8 Å². The summed E-state index contributed by atoms with van der Waals surface area (Å²) in [5.74, 6) is 1.45. The highest BCUT2D eigenvalue weighted by Crippen LogP contribution is 2.34. The first-order valence-electron chi connectivity index (χ1n) is 6.87. The summed E-state index contributed by atoms with van der Waals surface area (Å²) in [6, 6.07) is 6.53. The Morgan fingerprint density at radius 3 is 2.73 bits per heavy atom. The van der Waals surface area contributed by atoms with E-state index < -0.39 is 0 Å². The van der Waals surface area contributed by atoms with Crippen LogP contribution in [0.25, 0.3) is 6.08 Å². The van der Waals surface area contributed by atoms with Gasteiger partial charge in [-0.1, -0.05) is 0 Å². The number of phenolic OH excluding ortho intramolecular Hbond substituents is 1. The molecule has 0 aliphatic carbocycles. The summed E-state index contributed by atoms with van der Waals surface area (Å²) >= 11 is 0. The van der Waals surface area contributed by atoms with Crippen LogP contribution < -0.4 is 9.47 Å². The normalized spacial score (nSPS) is 10.9. The number of carbonyl (C=O) groups excluding carboxylic acids is 1. The summed E-state index contributed by atoms with van der Waals surface area (Å²) in [6.45, 7) is 4.10. The van der Waals surface area contributed by atoms with Crippen LogP contribution in [-0.2, 0) is 0 Å². The van der Waals surface area contributed by atoms with E-state index >= 15 is 0 Å². The third kappa shape index (κ3) is 3.49. The van der Waals surface area contributed by atoms with Crippen LogP contribution in [0.3, 0.4) is 0 Å². The molecule has 1 heterocycles. The number of aryl methyl sites for hydroxylation is 1. The van der Waals surface area contributed by atoms with Crippen molar-refractivity contribution in [1.82, 2.24) is 0 Å². The van der Waals surface area contributed by atoms with Gasteiger partial charge in [0.15, 0.2) is 5.78 Å². The second-order valence-corrected chi connectivity index (χ2v) is 4.60. The van der Waals surface area contributed by atoms with E-state index in [9.17, 15) is 9.90 Å². The number of allylic oxidation sites excluding steroid dienone is 1. The molecule has 0 amide bonds. The van der Waals surface area contributed by atoms with Crippen molar-refractivity contribution in [3.63, 3.8) is 0 Å². The fourth-order valence-electron chi connectivity index (χ4n) is 2.02. The third-order valence-corrected chi connectivity index (χ3v) is 2.99. The molecule has 0 radical (unpaired) electrons. The Balaban J connectivity index is 2.30. The van der Waals surface area contributed by atoms with Gasteiger partial charge in [0.05, 0.1) is 13.7 Å². The van der Waals surface area contributed by atoms with Crippen molar-refractivity contribution in [2.75, 3.05) is 13.7 Å². The van der Waals surface area contributed by atoms with E-state index in [4.69, 9.17) is 13.9 Å². The molecule has 1 aromatic carbocycles. The van der Waals surface area contributed by atoms with Gasteiger partial charge in [-0.25, -0.2) is 0 Å². The van der Waals surface area contributed by atoms with E-state index in [0.29, 0.717) is 18.1 Å². The summed E-state index contributed by atoms with van der Waals surface area (Å²) in [7, 11) is 1.43. The number of hydrogen-bond donors (Lipinski definition) is 1. The van der Waals surface area contributed by atoms with E-state index in [0.717, 1.165) is 5.76 Å². The predicted octanol–water partition coefficient (Wildman–Crippen LogP) is 3.60. The summed E-state index contributed by atoms with van der Waals surface area (Å²) < 4.78 is 15.8. The maximum atomic E-state index is 12.3. The molecule has 22 heavy (non-hydrogen) atoms. The molecule has 5 nitrogen and oxygen atoms in total. The van der Waals surface area contributed by atoms with Crippen molar-refractivity contribution in [2.24, 2.45) is 0 Å². The molecule has 0 atom stereocenters. The molecule has 0 fully saturated rings. The van der Waals surface area contributed by atoms with Crippen LogP contribution in [-0.4, -0.2) is 24.6 Å². The van der Waals surface area contributed by atoms with E-state index in [2.05, 4.69) is 0 Å². The summed E-state index contributed by atoms with van der Waals surface area (Å²) in [5.41, 5.74) is 0.0884. The van der Waals surface area contributed by atoms with Crippen LogP contribution in [0.5, 0.6) is 17.2 Å². The van der Waals surface area contributed by atoms with Gasteiger partial charge in [-0.15, -0.1) is 0 Å². The molecule has 0 spiro atoms. The second-order valence-electron chi connectivity index (χ2n) is 4.60. The van der Waals surface area contributed by atoms with Crippen LogP contribution in [0.15, 0.2) is 34.8 Å². The van der Waals surface area contributed by atoms with Crippen molar-refractivity contribution in [3.05, 3.63) is 47.4 Å². The first-order valence-corrected chi connectivity index (χ1v) is 6.87. The van der Waals surface area contributed by atoms with E-state index in [1.54, 1.807) is 24.3 Å². The fourth-order valence-corrected chi connectivity index (χ4v) is 2.02. The Bertz CT molecular complexity index is 697. The lowest BCUT2D eigenvalue weighted by Crippen LogP contribution is -2.01. The largest absolute Gasteiger partial charge is 0.507 e. The minimum Gasteiger partial charge on any atom is -0.507 e. The third-order valence-electron chi connectivity index (χ3n) is 2.99. The van der Waals surface area contributed by atoms with Gasteiger partial charge in [0.25, 0.3) is 0 Å². The lowest BCUT2D eigenvalue weighted by molar-refractivity contribution is 0.104. The lowest BCUT2D eigenvalue weighted by Gasteiger charge is -2.11. The van der Waals surface area contributed by atoms with Crippen molar-refractivity contribution in [1.29, 1.82) is 0 Å². The lowest BCUT2D eigenvalue weighted by atomic mass is 10.1. The van der Waals surface area contributed by atoms with Crippen LogP contribution in [0, 0.1) is 6.92 Å². The zero-order valence-electron chi connectivity index (χ0n) is 12.8. The number of aromatic hydroxyl groups is 1. The minimum atomic E-state index is -0.383. The number of methoxy groups -OCH3 is 1. The van der Waals surface area contributed by atoms with Crippen molar-refractivity contribution in [2.45, 2.75) is 13.8 Å². The Hall–Kier alpha value is -2.69. The van der Waals surface area contributed by atoms with Crippen molar-refractivity contribution >= 4 is 11.9 Å². The predicted molar refractivity (Wildman–Crippen MR) is 82.6 cm³/mol. The van der Waals surface area contributed by atoms with Crippen LogP contribution >= 0.6 is 0 Å². The number of phenols is 1. The van der Waals surface area contributed by atoms with Crippen LogP contribution in [0.4, 0.5) is 0 Å².